The van der Waals surface area contributed by atoms with Gasteiger partial charge in [0.05, 0.1) is 11.9 Å². The maximum Gasteiger partial charge on any atom is 0.244 e. The molecule has 0 saturated carbocycles. The molecule has 0 aromatic heterocycles. The number of benzene rings is 2. The number of para-hydroxylation sites is 1. The Labute approximate surface area is 202 Å². The molecule has 9 heteroatoms. The number of hydrogen-bond acceptors (Lipinski definition) is 4. The summed E-state index contributed by atoms with van der Waals surface area (Å²) in [6.45, 7) is 8.17. The zero-order chi connectivity index (χ0) is 25.6. The molecule has 0 saturated heterocycles. The minimum Gasteiger partial charge on any atom is -0.352 e. The number of carbonyl (C=O) groups is 2. The van der Waals surface area contributed by atoms with Crippen molar-refractivity contribution in [2.24, 2.45) is 0 Å². The quantitative estimate of drug-likeness (QED) is 0.551. The van der Waals surface area contributed by atoms with Crippen LogP contribution in [0.3, 0.4) is 0 Å². The Kier molecular flexibility index (Phi) is 9.21. The van der Waals surface area contributed by atoms with Crippen molar-refractivity contribution in [3.05, 3.63) is 65.0 Å². The van der Waals surface area contributed by atoms with Crippen molar-refractivity contribution in [1.29, 1.82) is 0 Å². The summed E-state index contributed by atoms with van der Waals surface area (Å²) in [5.74, 6) is -1.51. The summed E-state index contributed by atoms with van der Waals surface area (Å²) in [5.41, 5.74) is 2.04. The van der Waals surface area contributed by atoms with Gasteiger partial charge in [-0.15, -0.1) is 0 Å². The lowest BCUT2D eigenvalue weighted by molar-refractivity contribution is -0.139. The van der Waals surface area contributed by atoms with E-state index in [9.17, 15) is 22.4 Å². The lowest BCUT2D eigenvalue weighted by atomic mass is 10.1. The third-order valence-electron chi connectivity index (χ3n) is 5.83. The molecule has 7 nitrogen and oxygen atoms in total. The van der Waals surface area contributed by atoms with E-state index < -0.39 is 40.2 Å². The number of aryl methyl sites for hydroxylation is 2. The molecule has 0 aliphatic heterocycles. The van der Waals surface area contributed by atoms with Crippen LogP contribution in [0.1, 0.15) is 43.9 Å². The van der Waals surface area contributed by atoms with Gasteiger partial charge in [-0.1, -0.05) is 43.3 Å². The molecular weight excluding hydrogens is 457 g/mol. The van der Waals surface area contributed by atoms with Gasteiger partial charge in [-0.2, -0.15) is 0 Å². The largest absolute Gasteiger partial charge is 0.352 e. The molecule has 2 atom stereocenters. The minimum atomic E-state index is -3.83. The first kappa shape index (κ1) is 27.3. The van der Waals surface area contributed by atoms with Crippen LogP contribution in [0.5, 0.6) is 0 Å². The third kappa shape index (κ3) is 6.79. The Balaban J connectivity index is 2.46. The van der Waals surface area contributed by atoms with E-state index in [-0.39, 0.29) is 18.2 Å². The number of hydrogen-bond donors (Lipinski definition) is 1. The number of nitrogens with zero attached hydrogens (tertiary/aromatic N) is 2. The van der Waals surface area contributed by atoms with E-state index in [0.29, 0.717) is 23.2 Å². The van der Waals surface area contributed by atoms with E-state index in [2.05, 4.69) is 5.32 Å². The molecule has 0 spiro atoms. The van der Waals surface area contributed by atoms with Crippen molar-refractivity contribution in [2.75, 3.05) is 17.1 Å². The fraction of sp³-hybridized carbons (Fsp3) is 0.440. The van der Waals surface area contributed by atoms with Gasteiger partial charge in [0.2, 0.25) is 21.8 Å². The molecule has 2 aromatic carbocycles. The molecule has 0 aliphatic rings. The van der Waals surface area contributed by atoms with Crippen LogP contribution in [0.2, 0.25) is 0 Å². The monoisotopic (exact) mass is 491 g/mol. The summed E-state index contributed by atoms with van der Waals surface area (Å²) >= 11 is 0. The minimum absolute atomic E-state index is 0.109. The molecule has 0 bridgehead atoms. The molecule has 0 aliphatic carbocycles. The van der Waals surface area contributed by atoms with Crippen molar-refractivity contribution in [3.8, 4) is 0 Å². The molecular formula is C25H34FN3O4S. The van der Waals surface area contributed by atoms with Crippen LogP contribution >= 0.6 is 0 Å². The predicted octanol–water partition coefficient (Wildman–Crippen LogP) is 3.54. The highest BCUT2D eigenvalue weighted by atomic mass is 32.2. The second-order valence-corrected chi connectivity index (χ2v) is 10.5. The Bertz CT molecular complexity index is 1120. The highest BCUT2D eigenvalue weighted by molar-refractivity contribution is 7.92. The van der Waals surface area contributed by atoms with Gasteiger partial charge in [-0.25, -0.2) is 12.8 Å². The molecule has 1 N–H and O–H groups in total. The first-order chi connectivity index (χ1) is 15.9. The van der Waals surface area contributed by atoms with Gasteiger partial charge in [0.1, 0.15) is 18.4 Å². The predicted molar refractivity (Wildman–Crippen MR) is 132 cm³/mol. The maximum atomic E-state index is 14.4. The van der Waals surface area contributed by atoms with Crippen molar-refractivity contribution in [2.45, 2.75) is 59.7 Å². The fourth-order valence-corrected chi connectivity index (χ4v) is 4.60. The van der Waals surface area contributed by atoms with Crippen LogP contribution < -0.4 is 9.62 Å². The van der Waals surface area contributed by atoms with Gasteiger partial charge < -0.3 is 10.2 Å². The average Bonchev–Trinajstić information content (AvgIpc) is 2.76. The summed E-state index contributed by atoms with van der Waals surface area (Å²) in [4.78, 5) is 27.6. The second kappa shape index (κ2) is 11.5. The van der Waals surface area contributed by atoms with E-state index >= 15 is 0 Å². The Morgan fingerprint density at radius 3 is 2.15 bits per heavy atom. The van der Waals surface area contributed by atoms with Gasteiger partial charge in [0, 0.05) is 18.2 Å². The number of rotatable bonds is 10. The van der Waals surface area contributed by atoms with E-state index in [1.807, 2.05) is 19.9 Å². The van der Waals surface area contributed by atoms with Crippen molar-refractivity contribution < 1.29 is 22.4 Å². The van der Waals surface area contributed by atoms with Crippen molar-refractivity contribution in [3.63, 3.8) is 0 Å². The van der Waals surface area contributed by atoms with Gasteiger partial charge in [-0.3, -0.25) is 13.9 Å². The zero-order valence-corrected chi connectivity index (χ0v) is 21.4. The molecule has 0 heterocycles. The molecule has 2 aromatic rings. The van der Waals surface area contributed by atoms with Crippen LogP contribution in [0, 0.1) is 19.7 Å². The lowest BCUT2D eigenvalue weighted by Crippen LogP contribution is -2.52. The Hall–Kier alpha value is -2.94. The van der Waals surface area contributed by atoms with E-state index in [1.165, 1.54) is 23.1 Å². The van der Waals surface area contributed by atoms with Crippen LogP contribution in [0.4, 0.5) is 10.1 Å². The number of nitrogens with one attached hydrogen (secondary N) is 1. The molecule has 0 fully saturated rings. The van der Waals surface area contributed by atoms with Crippen LogP contribution in [-0.2, 0) is 26.2 Å². The van der Waals surface area contributed by atoms with Crippen molar-refractivity contribution >= 4 is 27.5 Å². The Morgan fingerprint density at radius 2 is 1.62 bits per heavy atom. The zero-order valence-electron chi connectivity index (χ0n) is 20.6. The molecule has 0 unspecified atom stereocenters. The number of sulfonamides is 1. The normalized spacial score (nSPS) is 13.1. The van der Waals surface area contributed by atoms with Crippen LogP contribution in [-0.4, -0.2) is 50.0 Å². The molecule has 186 valence electrons. The number of anilines is 1. The van der Waals surface area contributed by atoms with Gasteiger partial charge in [0.15, 0.2) is 0 Å². The first-order valence-corrected chi connectivity index (χ1v) is 13.1. The summed E-state index contributed by atoms with van der Waals surface area (Å²) < 4.78 is 40.9. The highest BCUT2D eigenvalue weighted by Crippen LogP contribution is 2.27. The first-order valence-electron chi connectivity index (χ1n) is 11.2. The van der Waals surface area contributed by atoms with Gasteiger partial charge >= 0.3 is 0 Å². The van der Waals surface area contributed by atoms with Crippen molar-refractivity contribution in [1.82, 2.24) is 10.2 Å². The Morgan fingerprint density at radius 1 is 1.03 bits per heavy atom. The molecule has 0 radical (unpaired) electrons. The van der Waals surface area contributed by atoms with Gasteiger partial charge in [0.25, 0.3) is 0 Å². The summed E-state index contributed by atoms with van der Waals surface area (Å²) in [6.07, 6.45) is 1.74. The SMILES string of the molecule is CC[C@H](C)NC(=O)[C@@H](C)N(Cc1ccccc1F)C(=O)CN(c1c(C)cccc1C)S(C)(=O)=O. The van der Waals surface area contributed by atoms with E-state index in [4.69, 9.17) is 0 Å². The van der Waals surface area contributed by atoms with Crippen LogP contribution in [0.25, 0.3) is 0 Å². The maximum absolute atomic E-state index is 14.4. The summed E-state index contributed by atoms with van der Waals surface area (Å²) in [7, 11) is -3.83. The lowest BCUT2D eigenvalue weighted by Gasteiger charge is -2.32. The van der Waals surface area contributed by atoms with E-state index in [0.717, 1.165) is 10.6 Å². The third-order valence-corrected chi connectivity index (χ3v) is 6.95. The van der Waals surface area contributed by atoms with Gasteiger partial charge in [-0.05, 0) is 51.3 Å². The summed E-state index contributed by atoms with van der Waals surface area (Å²) in [6, 6.07) is 10.3. The van der Waals surface area contributed by atoms with Crippen LogP contribution in [0.15, 0.2) is 42.5 Å². The number of halogens is 1. The molecule has 2 amide bonds. The molecule has 2 rings (SSSR count). The summed E-state index contributed by atoms with van der Waals surface area (Å²) in [5, 5.41) is 2.84. The topological polar surface area (TPSA) is 86.8 Å². The number of amides is 2. The smallest absolute Gasteiger partial charge is 0.244 e. The second-order valence-electron chi connectivity index (χ2n) is 8.62. The number of carbonyl (C=O) groups excluding carboxylic acids is 2. The average molecular weight is 492 g/mol. The highest BCUT2D eigenvalue weighted by Gasteiger charge is 2.31. The fourth-order valence-electron chi connectivity index (χ4n) is 3.63. The van der Waals surface area contributed by atoms with E-state index in [1.54, 1.807) is 39.0 Å². The standard InChI is InChI=1S/C25H34FN3O4S/c1-7-19(4)27-25(31)20(5)28(15-21-13-8-9-14-22(21)26)23(30)16-29(34(6,32)33)24-17(2)11-10-12-18(24)3/h8-14,19-20H,7,15-16H2,1-6H3,(H,27,31)/t19-,20+/m0/s1. The molecule has 34 heavy (non-hydrogen) atoms.